The van der Waals surface area contributed by atoms with E-state index in [9.17, 15) is 18.0 Å². The van der Waals surface area contributed by atoms with Gasteiger partial charge in [-0.1, -0.05) is 12.1 Å². The van der Waals surface area contributed by atoms with Gasteiger partial charge >= 0.3 is 0 Å². The normalized spacial score (nSPS) is 11.4. The summed E-state index contributed by atoms with van der Waals surface area (Å²) < 4.78 is 32.2. The summed E-state index contributed by atoms with van der Waals surface area (Å²) in [6.07, 6.45) is 4.40. The molecule has 0 saturated heterocycles. The molecular weight excluding hydrogens is 418 g/mol. The minimum absolute atomic E-state index is 0.0585. The molecule has 160 valence electrons. The highest BCUT2D eigenvalue weighted by molar-refractivity contribution is 7.89. The number of anilines is 2. The Morgan fingerprint density at radius 2 is 1.58 bits per heavy atom. The van der Waals surface area contributed by atoms with Crippen LogP contribution in [-0.4, -0.2) is 20.2 Å². The predicted molar refractivity (Wildman–Crippen MR) is 118 cm³/mol. The van der Waals surface area contributed by atoms with Gasteiger partial charge in [0.1, 0.15) is 5.76 Å². The van der Waals surface area contributed by atoms with Crippen molar-refractivity contribution in [1.29, 1.82) is 0 Å². The van der Waals surface area contributed by atoms with Crippen molar-refractivity contribution in [3.05, 3.63) is 84.3 Å². The zero-order valence-corrected chi connectivity index (χ0v) is 17.5. The molecule has 31 heavy (non-hydrogen) atoms. The number of carbonyl (C=O) groups excluding carboxylic acids is 2. The van der Waals surface area contributed by atoms with Crippen LogP contribution in [0.5, 0.6) is 0 Å². The van der Waals surface area contributed by atoms with E-state index in [1.54, 1.807) is 54.6 Å². The molecule has 3 N–H and O–H groups in total. The SMILES string of the molecule is CC(=O)Nc1ccc(NC(=O)/C=C\c2ccc(S(=O)(=O)NCc3ccco3)cc2)cc1. The first-order valence-electron chi connectivity index (χ1n) is 9.31. The van der Waals surface area contributed by atoms with Crippen LogP contribution >= 0.6 is 0 Å². The van der Waals surface area contributed by atoms with Crippen LogP contribution in [0.25, 0.3) is 6.08 Å². The lowest BCUT2D eigenvalue weighted by atomic mass is 10.2. The number of nitrogens with one attached hydrogen (secondary N) is 3. The van der Waals surface area contributed by atoms with Crippen molar-refractivity contribution in [2.24, 2.45) is 0 Å². The fraction of sp³-hybridized carbons (Fsp3) is 0.0909. The van der Waals surface area contributed by atoms with Crippen molar-refractivity contribution in [3.63, 3.8) is 0 Å². The second-order valence-electron chi connectivity index (χ2n) is 6.55. The number of carbonyl (C=O) groups is 2. The third kappa shape index (κ3) is 6.66. The maximum Gasteiger partial charge on any atom is 0.248 e. The number of hydrogen-bond donors (Lipinski definition) is 3. The summed E-state index contributed by atoms with van der Waals surface area (Å²) in [5.74, 6) is -0.00479. The fourth-order valence-corrected chi connectivity index (χ4v) is 3.61. The van der Waals surface area contributed by atoms with Crippen molar-refractivity contribution in [2.45, 2.75) is 18.4 Å². The lowest BCUT2D eigenvalue weighted by molar-refractivity contribution is -0.114. The Morgan fingerprint density at radius 3 is 2.16 bits per heavy atom. The third-order valence-corrected chi connectivity index (χ3v) is 5.52. The molecule has 0 radical (unpaired) electrons. The molecule has 0 unspecified atom stereocenters. The van der Waals surface area contributed by atoms with Crippen LogP contribution in [0.15, 0.2) is 82.3 Å². The molecule has 2 aromatic carbocycles. The Hall–Kier alpha value is -3.69. The van der Waals surface area contributed by atoms with E-state index in [-0.39, 0.29) is 23.3 Å². The summed E-state index contributed by atoms with van der Waals surface area (Å²) in [7, 11) is -3.68. The second kappa shape index (κ2) is 9.88. The molecule has 0 saturated carbocycles. The van der Waals surface area contributed by atoms with E-state index in [1.807, 2.05) is 0 Å². The van der Waals surface area contributed by atoms with Crippen molar-refractivity contribution in [1.82, 2.24) is 4.72 Å². The van der Waals surface area contributed by atoms with Crippen LogP contribution in [0.1, 0.15) is 18.2 Å². The Labute approximate surface area is 180 Å². The minimum Gasteiger partial charge on any atom is -0.468 e. The molecule has 1 aromatic heterocycles. The number of hydrogen-bond acceptors (Lipinski definition) is 5. The maximum atomic E-state index is 12.3. The van der Waals surface area contributed by atoms with Crippen LogP contribution in [-0.2, 0) is 26.2 Å². The molecule has 0 aliphatic heterocycles. The van der Waals surface area contributed by atoms with Crippen LogP contribution in [0.2, 0.25) is 0 Å². The summed E-state index contributed by atoms with van der Waals surface area (Å²) >= 11 is 0. The van der Waals surface area contributed by atoms with Gasteiger partial charge in [-0.2, -0.15) is 0 Å². The van der Waals surface area contributed by atoms with Crippen LogP contribution < -0.4 is 15.4 Å². The molecule has 9 heteroatoms. The van der Waals surface area contributed by atoms with E-state index >= 15 is 0 Å². The van der Waals surface area contributed by atoms with Crippen molar-refractivity contribution in [3.8, 4) is 0 Å². The van der Waals surface area contributed by atoms with Gasteiger partial charge in [0.2, 0.25) is 21.8 Å². The van der Waals surface area contributed by atoms with E-state index < -0.39 is 10.0 Å². The highest BCUT2D eigenvalue weighted by Crippen LogP contribution is 2.15. The summed E-state index contributed by atoms with van der Waals surface area (Å²) in [5.41, 5.74) is 1.88. The Balaban J connectivity index is 1.56. The van der Waals surface area contributed by atoms with E-state index in [0.717, 1.165) is 0 Å². The summed E-state index contributed by atoms with van der Waals surface area (Å²) in [6.45, 7) is 1.48. The molecule has 0 aliphatic carbocycles. The average molecular weight is 439 g/mol. The summed E-state index contributed by atoms with van der Waals surface area (Å²) in [5, 5.41) is 5.35. The number of amides is 2. The first kappa shape index (κ1) is 22.0. The zero-order valence-electron chi connectivity index (χ0n) is 16.7. The molecular formula is C22H21N3O5S. The fourth-order valence-electron chi connectivity index (χ4n) is 2.62. The number of sulfonamides is 1. The summed E-state index contributed by atoms with van der Waals surface area (Å²) in [6, 6.07) is 16.2. The van der Waals surface area contributed by atoms with Crippen LogP contribution in [0.4, 0.5) is 11.4 Å². The van der Waals surface area contributed by atoms with Gasteiger partial charge in [-0.3, -0.25) is 9.59 Å². The molecule has 3 aromatic rings. The largest absolute Gasteiger partial charge is 0.468 e. The van der Waals surface area contributed by atoms with Crippen molar-refractivity contribution < 1.29 is 22.4 Å². The van der Waals surface area contributed by atoms with Gasteiger partial charge in [-0.25, -0.2) is 13.1 Å². The summed E-state index contributed by atoms with van der Waals surface area (Å²) in [4.78, 5) is 23.2. The topological polar surface area (TPSA) is 118 Å². The average Bonchev–Trinajstić information content (AvgIpc) is 3.26. The predicted octanol–water partition coefficient (Wildman–Crippen LogP) is 3.37. The first-order chi connectivity index (χ1) is 14.8. The van der Waals surface area contributed by atoms with E-state index in [0.29, 0.717) is 22.7 Å². The van der Waals surface area contributed by atoms with E-state index in [2.05, 4.69) is 15.4 Å². The van der Waals surface area contributed by atoms with Gasteiger partial charge in [0.25, 0.3) is 0 Å². The quantitative estimate of drug-likeness (QED) is 0.465. The molecule has 1 heterocycles. The molecule has 8 nitrogen and oxygen atoms in total. The van der Waals surface area contributed by atoms with Crippen molar-refractivity contribution in [2.75, 3.05) is 10.6 Å². The van der Waals surface area contributed by atoms with Crippen molar-refractivity contribution >= 4 is 39.3 Å². The first-order valence-corrected chi connectivity index (χ1v) is 10.8. The van der Waals surface area contributed by atoms with E-state index in [1.165, 1.54) is 31.4 Å². The molecule has 2 amide bonds. The Kier molecular flexibility index (Phi) is 7.01. The maximum absolute atomic E-state index is 12.3. The standard InChI is InChI=1S/C22H21N3O5S/c1-16(26)24-18-7-9-19(10-8-18)25-22(27)13-6-17-4-11-21(12-5-17)31(28,29)23-15-20-3-2-14-30-20/h2-14,23H,15H2,1H3,(H,24,26)(H,25,27)/b13-6-. The number of furan rings is 1. The van der Waals surface area contributed by atoms with Crippen LogP contribution in [0, 0.1) is 0 Å². The monoisotopic (exact) mass is 439 g/mol. The second-order valence-corrected chi connectivity index (χ2v) is 8.32. The van der Waals surface area contributed by atoms with Gasteiger partial charge in [-0.15, -0.1) is 0 Å². The molecule has 3 rings (SSSR count). The van der Waals surface area contributed by atoms with Crippen LogP contribution in [0.3, 0.4) is 0 Å². The number of benzene rings is 2. The third-order valence-electron chi connectivity index (χ3n) is 4.11. The molecule has 0 aliphatic rings. The molecule has 0 bridgehead atoms. The molecule has 0 fully saturated rings. The van der Waals surface area contributed by atoms with Gasteiger partial charge in [0.15, 0.2) is 0 Å². The lowest BCUT2D eigenvalue weighted by Gasteiger charge is -2.06. The molecule has 0 atom stereocenters. The molecule has 0 spiro atoms. The Bertz CT molecular complexity index is 1170. The zero-order chi connectivity index (χ0) is 22.3. The van der Waals surface area contributed by atoms with E-state index in [4.69, 9.17) is 4.42 Å². The Morgan fingerprint density at radius 1 is 0.935 bits per heavy atom. The van der Waals surface area contributed by atoms with Gasteiger partial charge in [0.05, 0.1) is 17.7 Å². The van der Waals surface area contributed by atoms with Gasteiger partial charge in [-0.05, 0) is 60.2 Å². The smallest absolute Gasteiger partial charge is 0.248 e. The lowest BCUT2D eigenvalue weighted by Crippen LogP contribution is -2.22. The highest BCUT2D eigenvalue weighted by atomic mass is 32.2. The van der Waals surface area contributed by atoms with Gasteiger partial charge < -0.3 is 15.1 Å². The van der Waals surface area contributed by atoms with Gasteiger partial charge in [0, 0.05) is 24.4 Å². The number of rotatable bonds is 8. The highest BCUT2D eigenvalue weighted by Gasteiger charge is 2.14. The minimum atomic E-state index is -3.68.